The molecule has 1 spiro atoms. The fourth-order valence-electron chi connectivity index (χ4n) is 5.78. The van der Waals surface area contributed by atoms with Gasteiger partial charge in [-0.25, -0.2) is 9.97 Å². The molecule has 1 atom stereocenters. The molecule has 0 amide bonds. The molecule has 2 N–H and O–H groups in total. The number of aliphatic hydroxyl groups is 1. The molecule has 2 fully saturated rings. The summed E-state index contributed by atoms with van der Waals surface area (Å²) in [5.41, 5.74) is 4.62. The lowest BCUT2D eigenvalue weighted by Crippen LogP contribution is -2.57. The van der Waals surface area contributed by atoms with E-state index in [0.717, 1.165) is 47.2 Å². The maximum atomic E-state index is 10.1. The van der Waals surface area contributed by atoms with Gasteiger partial charge >= 0.3 is 0 Å². The lowest BCUT2D eigenvalue weighted by atomic mass is 9.68. The molecule has 0 bridgehead atoms. The summed E-state index contributed by atoms with van der Waals surface area (Å²) < 4.78 is 11.3. The highest BCUT2D eigenvalue weighted by molar-refractivity contribution is 6.33. The molecule has 1 aromatic carbocycles. The Bertz CT molecular complexity index is 1240. The predicted molar refractivity (Wildman–Crippen MR) is 145 cm³/mol. The van der Waals surface area contributed by atoms with E-state index in [0.29, 0.717) is 34.1 Å². The number of rotatable bonds is 8. The molecule has 1 saturated carbocycles. The van der Waals surface area contributed by atoms with Gasteiger partial charge in [0.1, 0.15) is 30.0 Å². The van der Waals surface area contributed by atoms with Crippen LogP contribution in [0.25, 0.3) is 22.6 Å². The van der Waals surface area contributed by atoms with E-state index in [4.69, 9.17) is 30.8 Å². The van der Waals surface area contributed by atoms with E-state index < -0.39 is 6.10 Å². The molecule has 2 aliphatic rings. The Morgan fingerprint density at radius 2 is 1.92 bits per heavy atom. The molecule has 5 rings (SSSR count). The minimum atomic E-state index is -0.615. The number of nitrogens with zero attached hydrogens (tertiary/aromatic N) is 4. The summed E-state index contributed by atoms with van der Waals surface area (Å²) in [5, 5.41) is 17.7. The topological polar surface area (TPSA) is 96.5 Å². The number of benzene rings is 1. The van der Waals surface area contributed by atoms with Crippen molar-refractivity contribution >= 4 is 17.4 Å². The molecule has 3 heterocycles. The minimum Gasteiger partial charge on any atom is -0.491 e. The predicted octanol–water partition coefficient (Wildman–Crippen LogP) is 5.11. The summed E-state index contributed by atoms with van der Waals surface area (Å²) in [6.07, 6.45) is 5.95. The van der Waals surface area contributed by atoms with Gasteiger partial charge in [0.05, 0.1) is 22.0 Å². The van der Waals surface area contributed by atoms with Crippen LogP contribution in [0.5, 0.6) is 5.75 Å². The maximum Gasteiger partial charge on any atom is 0.163 e. The number of hydrogen-bond donors (Lipinski definition) is 2. The fourth-order valence-corrected chi connectivity index (χ4v) is 5.98. The average molecular weight is 526 g/mol. The second kappa shape index (κ2) is 10.6. The van der Waals surface area contributed by atoms with Crippen molar-refractivity contribution in [2.45, 2.75) is 59.0 Å². The van der Waals surface area contributed by atoms with Crippen LogP contribution in [0.3, 0.4) is 0 Å². The van der Waals surface area contributed by atoms with Gasteiger partial charge in [-0.15, -0.1) is 0 Å². The number of likely N-dealkylation sites (N-methyl/N-ethyl adjacent to an activating group) is 1. The lowest BCUT2D eigenvalue weighted by Gasteiger charge is -2.53. The Balaban J connectivity index is 1.54. The van der Waals surface area contributed by atoms with E-state index in [-0.39, 0.29) is 6.61 Å². The number of nitrogens with one attached hydrogen (secondary N) is 1. The quantitative estimate of drug-likeness (QED) is 0.419. The summed E-state index contributed by atoms with van der Waals surface area (Å²) in [5.74, 6) is 2.80. The number of halogens is 1. The normalized spacial score (nSPS) is 17.6. The summed E-state index contributed by atoms with van der Waals surface area (Å²) in [6, 6.07) is 5.43. The number of anilines is 1. The Hall–Kier alpha value is -2.68. The maximum absolute atomic E-state index is 10.1. The van der Waals surface area contributed by atoms with Gasteiger partial charge < -0.3 is 24.6 Å². The molecule has 8 nitrogen and oxygen atoms in total. The van der Waals surface area contributed by atoms with E-state index in [1.165, 1.54) is 32.1 Å². The van der Waals surface area contributed by atoms with Crippen LogP contribution in [0.2, 0.25) is 5.02 Å². The van der Waals surface area contributed by atoms with E-state index in [1.54, 1.807) is 19.2 Å². The summed E-state index contributed by atoms with van der Waals surface area (Å²) in [4.78, 5) is 12.4. The van der Waals surface area contributed by atoms with Gasteiger partial charge in [0.2, 0.25) is 0 Å². The smallest absolute Gasteiger partial charge is 0.163 e. The van der Waals surface area contributed by atoms with Crippen LogP contribution in [0.1, 0.15) is 49.1 Å². The van der Waals surface area contributed by atoms with Gasteiger partial charge in [0.25, 0.3) is 0 Å². The largest absolute Gasteiger partial charge is 0.491 e. The molecule has 1 saturated heterocycles. The minimum absolute atomic E-state index is 0.169. The highest BCUT2D eigenvalue weighted by Crippen LogP contribution is 2.47. The van der Waals surface area contributed by atoms with Crippen molar-refractivity contribution in [3.8, 4) is 28.4 Å². The first-order valence-electron chi connectivity index (χ1n) is 13.1. The molecule has 0 radical (unpaired) electrons. The van der Waals surface area contributed by atoms with E-state index >= 15 is 0 Å². The Kier molecular flexibility index (Phi) is 7.43. The first kappa shape index (κ1) is 25.9. The van der Waals surface area contributed by atoms with Gasteiger partial charge in [0.15, 0.2) is 5.82 Å². The van der Waals surface area contributed by atoms with Gasteiger partial charge in [-0.2, -0.15) is 0 Å². The summed E-state index contributed by atoms with van der Waals surface area (Å²) in [7, 11) is 1.79. The molecule has 3 aromatic rings. The van der Waals surface area contributed by atoms with Crippen LogP contribution < -0.4 is 15.0 Å². The van der Waals surface area contributed by atoms with Crippen molar-refractivity contribution in [2.24, 2.45) is 5.41 Å². The molecular formula is C28H36ClN5O3. The number of aryl methyl sites for hydroxylation is 2. The first-order chi connectivity index (χ1) is 17.8. The average Bonchev–Trinajstić information content (AvgIpc) is 3.20. The molecule has 9 heteroatoms. The van der Waals surface area contributed by atoms with E-state index in [1.807, 2.05) is 19.9 Å². The highest BCUT2D eigenvalue weighted by Gasteiger charge is 2.44. The molecule has 2 aromatic heterocycles. The molecule has 198 valence electrons. The van der Waals surface area contributed by atoms with Crippen molar-refractivity contribution in [2.75, 3.05) is 38.2 Å². The number of aromatic nitrogens is 3. The van der Waals surface area contributed by atoms with Crippen LogP contribution >= 0.6 is 11.6 Å². The zero-order valence-corrected chi connectivity index (χ0v) is 22.9. The van der Waals surface area contributed by atoms with Crippen LogP contribution in [-0.2, 0) is 0 Å². The first-order valence-corrected chi connectivity index (χ1v) is 13.5. The third kappa shape index (κ3) is 5.19. The summed E-state index contributed by atoms with van der Waals surface area (Å²) in [6.45, 7) is 8.58. The van der Waals surface area contributed by atoms with Crippen LogP contribution in [0.15, 0.2) is 22.7 Å². The van der Waals surface area contributed by atoms with Crippen molar-refractivity contribution in [3.63, 3.8) is 0 Å². The van der Waals surface area contributed by atoms with Crippen LogP contribution in [-0.4, -0.2) is 59.6 Å². The summed E-state index contributed by atoms with van der Waals surface area (Å²) >= 11 is 6.68. The van der Waals surface area contributed by atoms with Gasteiger partial charge in [-0.05, 0) is 58.9 Å². The SMILES string of the molecule is CNC[C@@H](O)COc1ccc(Cl)c(-c2nc(-c3c(C)noc3C)c(C)c(N3CC4(CCCCC4)C3)n2)c1. The molecular weight excluding hydrogens is 490 g/mol. The van der Waals surface area contributed by atoms with Crippen LogP contribution in [0.4, 0.5) is 5.82 Å². The zero-order valence-electron chi connectivity index (χ0n) is 22.1. The monoisotopic (exact) mass is 525 g/mol. The van der Waals surface area contributed by atoms with Crippen molar-refractivity contribution in [1.29, 1.82) is 0 Å². The second-order valence-corrected chi connectivity index (χ2v) is 11.0. The van der Waals surface area contributed by atoms with Crippen molar-refractivity contribution in [3.05, 3.63) is 40.2 Å². The Morgan fingerprint density at radius 1 is 1.16 bits per heavy atom. The lowest BCUT2D eigenvalue weighted by molar-refractivity contribution is 0.108. The second-order valence-electron chi connectivity index (χ2n) is 10.6. The van der Waals surface area contributed by atoms with E-state index in [9.17, 15) is 5.11 Å². The van der Waals surface area contributed by atoms with Crippen molar-refractivity contribution < 1.29 is 14.4 Å². The third-order valence-corrected chi connectivity index (χ3v) is 8.05. The Morgan fingerprint density at radius 3 is 2.59 bits per heavy atom. The van der Waals surface area contributed by atoms with Gasteiger partial charge in [0, 0.05) is 36.2 Å². The number of ether oxygens (including phenoxy) is 1. The molecule has 1 aliphatic heterocycles. The molecule has 37 heavy (non-hydrogen) atoms. The number of hydrogen-bond acceptors (Lipinski definition) is 8. The van der Waals surface area contributed by atoms with Gasteiger partial charge in [-0.1, -0.05) is 36.0 Å². The van der Waals surface area contributed by atoms with Gasteiger partial charge in [-0.3, -0.25) is 0 Å². The third-order valence-electron chi connectivity index (χ3n) is 7.72. The number of aliphatic hydroxyl groups excluding tert-OH is 1. The van der Waals surface area contributed by atoms with Crippen molar-refractivity contribution in [1.82, 2.24) is 20.4 Å². The fraction of sp³-hybridized carbons (Fsp3) is 0.536. The highest BCUT2D eigenvalue weighted by atomic mass is 35.5. The molecule has 0 unspecified atom stereocenters. The Labute approximate surface area is 223 Å². The zero-order chi connectivity index (χ0) is 26.2. The van der Waals surface area contributed by atoms with Crippen LogP contribution in [0, 0.1) is 26.2 Å². The standard InChI is InChI=1S/C28H36ClN5O3/c1-17-25(24-18(2)33-37-19(24)3)31-26(32-27(17)34-15-28(16-34)10-6-5-7-11-28)22-12-21(8-9-23(22)29)36-14-20(35)13-30-4/h8-9,12,20,30,35H,5-7,10-11,13-16H2,1-4H3/t20-/m1/s1. The molecule has 1 aliphatic carbocycles. The van der Waals surface area contributed by atoms with E-state index in [2.05, 4.69) is 22.3 Å².